The number of ether oxygens (including phenoxy) is 2. The van der Waals surface area contributed by atoms with Gasteiger partial charge in [0.1, 0.15) is 0 Å². The molecule has 0 saturated carbocycles. The first-order valence-corrected chi connectivity index (χ1v) is 12.0. The van der Waals surface area contributed by atoms with Gasteiger partial charge in [-0.05, 0) is 61.9 Å². The lowest BCUT2D eigenvalue weighted by Crippen LogP contribution is -2.00. The SMILES string of the molecule is CCOCC.Nc1cc(Cl)cc(Cl)c1.O=C(O)/C=C/C(=O)Cc1cc(Cl)cc(Cl)c1.O=C1C=CC(=O)O1. The van der Waals surface area contributed by atoms with E-state index in [1.54, 1.807) is 36.4 Å². The van der Waals surface area contributed by atoms with Crippen LogP contribution >= 0.6 is 46.4 Å². The monoisotopic (exact) mass is 591 g/mol. The molecule has 8 nitrogen and oxygen atoms in total. The first kappa shape index (κ1) is 34.1. The Kier molecular flexibility index (Phi) is 17.8. The van der Waals surface area contributed by atoms with Crippen LogP contribution in [0, 0.1) is 0 Å². The summed E-state index contributed by atoms with van der Waals surface area (Å²) in [6.07, 6.45) is 4.06. The molecular formula is C25H25Cl4NO7. The molecule has 1 aliphatic rings. The van der Waals surface area contributed by atoms with Gasteiger partial charge in [-0.1, -0.05) is 46.4 Å². The number of anilines is 1. The molecule has 1 aliphatic heterocycles. The number of carbonyl (C=O) groups is 4. The van der Waals surface area contributed by atoms with Crippen molar-refractivity contribution < 1.29 is 33.8 Å². The number of carbonyl (C=O) groups excluding carboxylic acids is 3. The van der Waals surface area contributed by atoms with Crippen LogP contribution in [0.1, 0.15) is 19.4 Å². The van der Waals surface area contributed by atoms with E-state index in [0.29, 0.717) is 31.3 Å². The van der Waals surface area contributed by atoms with E-state index in [0.717, 1.165) is 37.5 Å². The van der Waals surface area contributed by atoms with Crippen LogP contribution in [0.4, 0.5) is 5.69 Å². The maximum Gasteiger partial charge on any atom is 0.338 e. The fourth-order valence-electron chi connectivity index (χ4n) is 2.22. The molecular weight excluding hydrogens is 568 g/mol. The molecule has 0 spiro atoms. The number of benzene rings is 2. The lowest BCUT2D eigenvalue weighted by atomic mass is 10.1. The van der Waals surface area contributed by atoms with Gasteiger partial charge in [-0.15, -0.1) is 0 Å². The number of allylic oxidation sites excluding steroid dienone is 1. The van der Waals surface area contributed by atoms with Crippen LogP contribution in [-0.4, -0.2) is 42.0 Å². The summed E-state index contributed by atoms with van der Waals surface area (Å²) in [5.74, 6) is -2.63. The van der Waals surface area contributed by atoms with Crippen molar-refractivity contribution in [1.82, 2.24) is 0 Å². The van der Waals surface area contributed by atoms with Gasteiger partial charge in [0, 0.05) is 63.6 Å². The molecule has 2 aromatic carbocycles. The summed E-state index contributed by atoms with van der Waals surface area (Å²) < 4.78 is 8.81. The Hall–Kier alpha value is -2.88. The van der Waals surface area contributed by atoms with Gasteiger partial charge in [-0.2, -0.15) is 0 Å². The van der Waals surface area contributed by atoms with E-state index in [1.807, 2.05) is 13.8 Å². The Morgan fingerprint density at radius 1 is 0.838 bits per heavy atom. The number of nitrogens with two attached hydrogens (primary N) is 1. The molecule has 3 N–H and O–H groups in total. The number of ketones is 1. The van der Waals surface area contributed by atoms with Crippen LogP contribution < -0.4 is 5.73 Å². The Bertz CT molecular complexity index is 1050. The van der Waals surface area contributed by atoms with Gasteiger partial charge in [0.15, 0.2) is 5.78 Å². The molecule has 0 saturated heterocycles. The van der Waals surface area contributed by atoms with E-state index in [2.05, 4.69) is 4.74 Å². The predicted octanol–water partition coefficient (Wildman–Crippen LogP) is 5.99. The molecule has 0 unspecified atom stereocenters. The number of cyclic esters (lactones) is 2. The molecule has 37 heavy (non-hydrogen) atoms. The first-order chi connectivity index (χ1) is 17.4. The smallest absolute Gasteiger partial charge is 0.338 e. The highest BCUT2D eigenvalue weighted by atomic mass is 35.5. The van der Waals surface area contributed by atoms with Crippen LogP contribution in [0.2, 0.25) is 20.1 Å². The predicted molar refractivity (Wildman–Crippen MR) is 145 cm³/mol. The fraction of sp³-hybridized carbons (Fsp3) is 0.200. The zero-order chi connectivity index (χ0) is 28.4. The normalized spacial score (nSPS) is 11.4. The van der Waals surface area contributed by atoms with Gasteiger partial charge in [0.05, 0.1) is 0 Å². The number of carboxylic acid groups (broad SMARTS) is 1. The summed E-state index contributed by atoms with van der Waals surface area (Å²) in [5.41, 5.74) is 6.63. The third-order valence-electron chi connectivity index (χ3n) is 3.56. The highest BCUT2D eigenvalue weighted by molar-refractivity contribution is 6.35. The largest absolute Gasteiger partial charge is 0.478 e. The van der Waals surface area contributed by atoms with E-state index in [1.165, 1.54) is 0 Å². The average molecular weight is 593 g/mol. The Morgan fingerprint density at radius 2 is 1.27 bits per heavy atom. The number of carboxylic acids is 1. The van der Waals surface area contributed by atoms with Gasteiger partial charge >= 0.3 is 17.9 Å². The molecule has 0 amide bonds. The first-order valence-electron chi connectivity index (χ1n) is 10.5. The molecule has 0 bridgehead atoms. The molecule has 0 aliphatic carbocycles. The fourth-order valence-corrected chi connectivity index (χ4v) is 3.33. The molecule has 1 heterocycles. The lowest BCUT2D eigenvalue weighted by molar-refractivity contribution is -0.150. The van der Waals surface area contributed by atoms with Crippen molar-refractivity contribution in [3.63, 3.8) is 0 Å². The Labute approximate surface area is 234 Å². The van der Waals surface area contributed by atoms with Crippen molar-refractivity contribution >= 4 is 75.8 Å². The highest BCUT2D eigenvalue weighted by Gasteiger charge is 2.10. The minimum atomic E-state index is -1.16. The van der Waals surface area contributed by atoms with E-state index < -0.39 is 17.9 Å². The number of aliphatic carboxylic acids is 1. The van der Waals surface area contributed by atoms with Gasteiger partial charge in [0.25, 0.3) is 0 Å². The summed E-state index contributed by atoms with van der Waals surface area (Å²) in [6, 6.07) is 9.71. The molecule has 2 aromatic rings. The summed E-state index contributed by atoms with van der Waals surface area (Å²) in [6.45, 7) is 5.67. The second-order valence-electron chi connectivity index (χ2n) is 6.65. The third kappa shape index (κ3) is 19.0. The molecule has 3 rings (SSSR count). The molecule has 0 aromatic heterocycles. The van der Waals surface area contributed by atoms with Crippen LogP contribution in [0.15, 0.2) is 60.7 Å². The van der Waals surface area contributed by atoms with Crippen molar-refractivity contribution in [3.05, 3.63) is 86.4 Å². The van der Waals surface area contributed by atoms with Crippen LogP contribution in [0.25, 0.3) is 0 Å². The van der Waals surface area contributed by atoms with Gasteiger partial charge in [-0.25, -0.2) is 14.4 Å². The average Bonchev–Trinajstić information content (AvgIpc) is 3.15. The number of esters is 2. The van der Waals surface area contributed by atoms with Crippen LogP contribution in [0.3, 0.4) is 0 Å². The topological polar surface area (TPSA) is 133 Å². The van der Waals surface area contributed by atoms with E-state index >= 15 is 0 Å². The quantitative estimate of drug-likeness (QED) is 0.181. The second-order valence-corrected chi connectivity index (χ2v) is 8.40. The second kappa shape index (κ2) is 19.3. The number of hydrogen-bond acceptors (Lipinski definition) is 7. The third-order valence-corrected chi connectivity index (χ3v) is 4.44. The highest BCUT2D eigenvalue weighted by Crippen LogP contribution is 2.20. The molecule has 12 heteroatoms. The zero-order valence-corrected chi connectivity index (χ0v) is 22.9. The maximum absolute atomic E-state index is 11.3. The molecule has 0 atom stereocenters. The summed E-state index contributed by atoms with van der Waals surface area (Å²) >= 11 is 22.7. The summed E-state index contributed by atoms with van der Waals surface area (Å²) in [7, 11) is 0. The minimum absolute atomic E-state index is 0.0735. The van der Waals surface area contributed by atoms with Crippen molar-refractivity contribution in [1.29, 1.82) is 0 Å². The summed E-state index contributed by atoms with van der Waals surface area (Å²) in [4.78, 5) is 41.3. The molecule has 0 radical (unpaired) electrons. The number of halogens is 4. The van der Waals surface area contributed by atoms with Gasteiger partial charge < -0.3 is 20.3 Å². The minimum Gasteiger partial charge on any atom is -0.478 e. The zero-order valence-electron chi connectivity index (χ0n) is 19.9. The number of hydrogen-bond donors (Lipinski definition) is 2. The van der Waals surface area contributed by atoms with Crippen molar-refractivity contribution in [2.45, 2.75) is 20.3 Å². The van der Waals surface area contributed by atoms with Gasteiger partial charge in [-0.3, -0.25) is 4.79 Å². The standard InChI is InChI=1S/C11H8Cl2O3.C6H5Cl2N.C4H2O3.C4H10O/c12-8-3-7(4-9(13)6-8)5-10(14)1-2-11(15)16;7-4-1-5(8)3-6(9)2-4;5-3-1-2-4(6)7-3;1-3-5-4-2/h1-4,6H,5H2,(H,15,16);1-3H,9H2;1-2H;3-4H2,1-2H3/b2-1+;;;. The molecule has 200 valence electrons. The summed E-state index contributed by atoms with van der Waals surface area (Å²) in [5, 5.41) is 10.4. The van der Waals surface area contributed by atoms with Crippen molar-refractivity contribution in [2.75, 3.05) is 18.9 Å². The van der Waals surface area contributed by atoms with E-state index in [-0.39, 0.29) is 12.2 Å². The van der Waals surface area contributed by atoms with Gasteiger partial charge in [0.2, 0.25) is 0 Å². The number of nitrogen functional groups attached to an aromatic ring is 1. The van der Waals surface area contributed by atoms with Crippen LogP contribution in [0.5, 0.6) is 0 Å². The van der Waals surface area contributed by atoms with E-state index in [4.69, 9.17) is 62.0 Å². The maximum atomic E-state index is 11.3. The van der Waals surface area contributed by atoms with Crippen LogP contribution in [-0.2, 0) is 35.1 Å². The molecule has 0 fully saturated rings. The Morgan fingerprint density at radius 3 is 1.57 bits per heavy atom. The number of rotatable bonds is 6. The van der Waals surface area contributed by atoms with Crippen molar-refractivity contribution in [2.24, 2.45) is 0 Å². The van der Waals surface area contributed by atoms with E-state index in [9.17, 15) is 19.2 Å². The Balaban J connectivity index is 0.000000519. The lowest BCUT2D eigenvalue weighted by Gasteiger charge is -2.00. The van der Waals surface area contributed by atoms with Crippen molar-refractivity contribution in [3.8, 4) is 0 Å².